The third kappa shape index (κ3) is 14.0. The molecule has 6 rings (SSSR count). The second kappa shape index (κ2) is 25.2. The molecule has 10 atom stereocenters. The van der Waals surface area contributed by atoms with Gasteiger partial charge in [0.2, 0.25) is 0 Å². The van der Waals surface area contributed by atoms with Crippen molar-refractivity contribution in [1.82, 2.24) is 19.9 Å². The fourth-order valence-electron chi connectivity index (χ4n) is 6.12. The molecule has 59 heavy (non-hydrogen) atoms. The highest BCUT2D eigenvalue weighted by atomic mass is 79.9. The summed E-state index contributed by atoms with van der Waals surface area (Å²) in [4.78, 5) is 33.8. The molecule has 0 bridgehead atoms. The normalized spacial score (nSPS) is 25.9. The van der Waals surface area contributed by atoms with Crippen molar-refractivity contribution in [2.75, 3.05) is 13.2 Å². The first-order valence-corrected chi connectivity index (χ1v) is 19.5. The van der Waals surface area contributed by atoms with Crippen LogP contribution in [-0.4, -0.2) is 158 Å². The highest BCUT2D eigenvalue weighted by molar-refractivity contribution is 9.10. The van der Waals surface area contributed by atoms with Crippen molar-refractivity contribution in [3.05, 3.63) is 66.4 Å². The Morgan fingerprint density at radius 1 is 0.712 bits per heavy atom. The maximum absolute atomic E-state index is 11.7. The van der Waals surface area contributed by atoms with Crippen LogP contribution in [0.15, 0.2) is 38.3 Å². The van der Waals surface area contributed by atoms with Crippen LogP contribution in [0.2, 0.25) is 0 Å². The van der Waals surface area contributed by atoms with Gasteiger partial charge in [0.25, 0.3) is 0 Å². The molecule has 16 nitrogen and oxygen atoms in total. The van der Waals surface area contributed by atoms with E-state index >= 15 is 0 Å². The Bertz CT molecular complexity index is 2110. The summed E-state index contributed by atoms with van der Waals surface area (Å²) in [5.41, 5.74) is 5.27. The molecule has 12 N–H and O–H groups in total. The van der Waals surface area contributed by atoms with E-state index < -0.39 is 74.3 Å². The lowest BCUT2D eigenvalue weighted by atomic mass is 9.40. The first-order valence-electron chi connectivity index (χ1n) is 18.7. The molecule has 0 aliphatic carbocycles. The lowest BCUT2D eigenvalue weighted by Gasteiger charge is -2.37. The van der Waals surface area contributed by atoms with Crippen molar-refractivity contribution in [1.29, 1.82) is 0 Å². The Morgan fingerprint density at radius 3 is 1.63 bits per heavy atom. The maximum Gasteiger partial charge on any atom is 0.323 e. The van der Waals surface area contributed by atoms with Crippen LogP contribution in [0.1, 0.15) is 63.6 Å². The van der Waals surface area contributed by atoms with Gasteiger partial charge in [0.15, 0.2) is 0 Å². The highest BCUT2D eigenvalue weighted by Gasteiger charge is 2.43. The maximum atomic E-state index is 11.7. The third-order valence-corrected chi connectivity index (χ3v) is 9.88. The van der Waals surface area contributed by atoms with Gasteiger partial charge < -0.3 is 70.3 Å². The van der Waals surface area contributed by atoms with Gasteiger partial charge in [-0.3, -0.25) is 0 Å². The van der Waals surface area contributed by atoms with Crippen LogP contribution in [0.3, 0.4) is 0 Å². The SMILES string of the molecule is C.C#C[C@H]1O[C@H](CO)[C@@H](O)[C@H](O)[C@@H]1O.CCCCc1cc(Br)c2[nH]c(=O)[nH]c2c1.CCCCc1cc(C#C[C@H]2O[C@H](CO)[C@@H](O)[C@H](O)[C@@H]2O)c2[nH]c(=O)[nH]c2c1.[B][B][B]. The van der Waals surface area contributed by atoms with E-state index in [2.05, 4.69) is 89.0 Å². The minimum atomic E-state index is -1.47. The van der Waals surface area contributed by atoms with Crippen LogP contribution in [0.25, 0.3) is 22.1 Å². The Morgan fingerprint density at radius 2 is 1.15 bits per heavy atom. The smallest absolute Gasteiger partial charge is 0.323 e. The summed E-state index contributed by atoms with van der Waals surface area (Å²) in [6.07, 6.45) is -1.06. The fraction of sp³-hybridized carbons (Fsp3) is 0.538. The zero-order chi connectivity index (χ0) is 43.1. The number of terminal acetylenes is 1. The Balaban J connectivity index is 0.000000318. The van der Waals surface area contributed by atoms with Crippen LogP contribution >= 0.6 is 15.9 Å². The number of H-pyrrole nitrogens is 4. The Labute approximate surface area is 354 Å². The molecule has 5 radical (unpaired) electrons. The van der Waals surface area contributed by atoms with Crippen molar-refractivity contribution in [3.8, 4) is 24.2 Å². The first-order chi connectivity index (χ1) is 27.7. The number of unbranched alkanes of at least 4 members (excludes halogenated alkanes) is 2. The average molecular weight is 882 g/mol. The lowest BCUT2D eigenvalue weighted by Crippen LogP contribution is -2.58. The number of aromatic nitrogens is 4. The van der Waals surface area contributed by atoms with E-state index in [0.29, 0.717) is 16.6 Å². The van der Waals surface area contributed by atoms with E-state index in [-0.39, 0.29) is 18.8 Å². The van der Waals surface area contributed by atoms with Gasteiger partial charge in [0, 0.05) is 27.0 Å². The van der Waals surface area contributed by atoms with Gasteiger partial charge in [0.1, 0.15) is 61.0 Å². The van der Waals surface area contributed by atoms with E-state index in [4.69, 9.17) is 21.0 Å². The molecule has 0 spiro atoms. The number of halogens is 1. The average Bonchev–Trinajstić information content (AvgIpc) is 3.79. The first kappa shape index (κ1) is 51.5. The van der Waals surface area contributed by atoms with Crippen molar-refractivity contribution in [2.24, 2.45) is 0 Å². The van der Waals surface area contributed by atoms with Crippen LogP contribution in [0, 0.1) is 24.2 Å². The van der Waals surface area contributed by atoms with Crippen molar-refractivity contribution in [2.45, 2.75) is 121 Å². The Kier molecular flexibility index (Phi) is 22.0. The Hall–Kier alpha value is -3.63. The molecule has 20 heteroatoms. The van der Waals surface area contributed by atoms with Crippen LogP contribution < -0.4 is 11.4 Å². The number of nitrogens with one attached hydrogen (secondary N) is 4. The molecular formula is C39H53B3BrN4O12. The molecule has 4 aromatic rings. The highest BCUT2D eigenvalue weighted by Crippen LogP contribution is 2.24. The van der Waals surface area contributed by atoms with Crippen molar-refractivity contribution < 1.29 is 50.3 Å². The number of fused-ring (bicyclic) bond motifs is 2. The van der Waals surface area contributed by atoms with Gasteiger partial charge in [0.05, 0.1) is 40.8 Å². The monoisotopic (exact) mass is 881 g/mol. The van der Waals surface area contributed by atoms with E-state index in [9.17, 15) is 45.3 Å². The lowest BCUT2D eigenvalue weighted by molar-refractivity contribution is -0.214. The van der Waals surface area contributed by atoms with E-state index in [1.54, 1.807) is 0 Å². The minimum absolute atomic E-state index is 0. The largest absolute Gasteiger partial charge is 0.394 e. The van der Waals surface area contributed by atoms with Crippen molar-refractivity contribution in [3.63, 3.8) is 0 Å². The zero-order valence-electron chi connectivity index (χ0n) is 32.1. The summed E-state index contributed by atoms with van der Waals surface area (Å²) >= 11 is 3.46. The number of rotatable bonds is 8. The number of aryl methyl sites for hydroxylation is 2. The number of aliphatic hydroxyl groups is 8. The molecule has 0 unspecified atom stereocenters. The fourth-order valence-corrected chi connectivity index (χ4v) is 6.72. The topological polar surface area (TPSA) is 278 Å². The standard InChI is InChI=1S/C19H24N2O6.C11H13BrN2O.C8H12O5.CH4.B3/c1-2-3-4-10-7-11(15-12(8-10)20-19(26)21-15)5-6-13-16(23)18(25)17(24)14(9-22)27-13;1-2-3-4-7-5-8(12)10-9(6-7)13-11(15)14-10;1-2-4-6(10)8(12)7(11)5(3-9)13-4;;1-3-2/h7-8,13-14,16-18,22-25H,2-4,9H2,1H3,(H2,20,21,26);5-6H,2-4H2,1H3,(H2,13,14,15);1,4-12H,3H2;1H4;/t13-,14-,16-,17-,18-;;4-,5-,6-,7-,8-;;/m1.1../s1. The molecule has 0 saturated carbocycles. The molecular weight excluding hydrogens is 829 g/mol. The second-order valence-corrected chi connectivity index (χ2v) is 14.4. The number of imidazole rings is 2. The van der Waals surface area contributed by atoms with Gasteiger partial charge >= 0.3 is 11.4 Å². The summed E-state index contributed by atoms with van der Waals surface area (Å²) in [6.45, 7) is 3.30. The zero-order valence-corrected chi connectivity index (χ0v) is 33.7. The van der Waals surface area contributed by atoms with Gasteiger partial charge in [-0.15, -0.1) is 6.42 Å². The van der Waals surface area contributed by atoms with Gasteiger partial charge in [-0.05, 0) is 77.0 Å². The van der Waals surface area contributed by atoms with Crippen LogP contribution in [0.5, 0.6) is 0 Å². The predicted molar refractivity (Wildman–Crippen MR) is 230 cm³/mol. The second-order valence-electron chi connectivity index (χ2n) is 13.6. The summed E-state index contributed by atoms with van der Waals surface area (Å²) in [5.74, 6) is 7.76. The summed E-state index contributed by atoms with van der Waals surface area (Å²) in [5, 5.41) is 75.6. The molecule has 4 heterocycles. The molecule has 0 amide bonds. The number of aromatic amines is 4. The number of aliphatic hydroxyl groups excluding tert-OH is 8. The van der Waals surface area contributed by atoms with E-state index in [1.165, 1.54) is 18.4 Å². The summed E-state index contributed by atoms with van der Waals surface area (Å²) in [7, 11) is 10.0. The van der Waals surface area contributed by atoms with Crippen LogP contribution in [-0.2, 0) is 22.3 Å². The van der Waals surface area contributed by atoms with Gasteiger partial charge in [-0.2, -0.15) is 0 Å². The minimum Gasteiger partial charge on any atom is -0.394 e. The molecule has 2 aromatic carbocycles. The predicted octanol–water partition coefficient (Wildman–Crippen LogP) is -0.690. The molecule has 2 aliphatic heterocycles. The molecule has 317 valence electrons. The third-order valence-electron chi connectivity index (χ3n) is 9.26. The molecule has 2 saturated heterocycles. The molecule has 2 aromatic heterocycles. The van der Waals surface area contributed by atoms with Crippen LogP contribution in [0.4, 0.5) is 0 Å². The number of ether oxygens (including phenoxy) is 2. The van der Waals surface area contributed by atoms with Gasteiger partial charge in [-0.1, -0.05) is 51.9 Å². The van der Waals surface area contributed by atoms with Gasteiger partial charge in [-0.25, -0.2) is 9.59 Å². The molecule has 2 aliphatic rings. The van der Waals surface area contributed by atoms with Crippen molar-refractivity contribution >= 4 is 60.5 Å². The summed E-state index contributed by atoms with van der Waals surface area (Å²) < 4.78 is 11.3. The molecule has 2 fully saturated rings. The number of hydrogen-bond acceptors (Lipinski definition) is 12. The number of hydrogen-bond donors (Lipinski definition) is 12. The van der Waals surface area contributed by atoms with E-state index in [0.717, 1.165) is 53.8 Å². The number of benzene rings is 2. The quantitative estimate of drug-likeness (QED) is 0.0775. The van der Waals surface area contributed by atoms with E-state index in [1.807, 2.05) is 18.2 Å². The summed E-state index contributed by atoms with van der Waals surface area (Å²) in [6, 6.07) is 7.89.